The van der Waals surface area contributed by atoms with Gasteiger partial charge < -0.3 is 5.11 Å². The molecule has 0 aromatic carbocycles. The molecule has 0 unspecified atom stereocenters. The highest BCUT2D eigenvalue weighted by Crippen LogP contribution is 2.32. The van der Waals surface area contributed by atoms with Crippen molar-refractivity contribution in [2.45, 2.75) is 31.7 Å². The molecular weight excluding hydrogens is 208 g/mol. The van der Waals surface area contributed by atoms with Gasteiger partial charge in [0.2, 0.25) is 0 Å². The molecule has 5 nitrogen and oxygen atoms in total. The summed E-state index contributed by atoms with van der Waals surface area (Å²) in [6.07, 6.45) is 5.28. The van der Waals surface area contributed by atoms with Crippen LogP contribution in [0.1, 0.15) is 42.2 Å². The number of rotatable bonds is 3. The number of aldehydes is 1. The molecule has 1 aromatic rings. The molecule has 1 aliphatic rings. The smallest absolute Gasteiger partial charge is 0.306 e. The van der Waals surface area contributed by atoms with Crippen molar-refractivity contribution < 1.29 is 14.7 Å². The molecule has 5 heteroatoms. The van der Waals surface area contributed by atoms with Crippen LogP contribution in [0.4, 0.5) is 0 Å². The molecule has 16 heavy (non-hydrogen) atoms. The van der Waals surface area contributed by atoms with Crippen molar-refractivity contribution in [1.82, 2.24) is 9.78 Å². The van der Waals surface area contributed by atoms with E-state index in [2.05, 4.69) is 5.10 Å². The van der Waals surface area contributed by atoms with E-state index < -0.39 is 5.97 Å². The lowest BCUT2D eigenvalue weighted by Gasteiger charge is -2.26. The molecule has 1 N–H and O–H groups in total. The number of aliphatic carboxylic acids is 1. The van der Waals surface area contributed by atoms with Crippen molar-refractivity contribution in [3.8, 4) is 0 Å². The minimum absolute atomic E-state index is 0.172. The highest BCUT2D eigenvalue weighted by molar-refractivity contribution is 5.72. The quantitative estimate of drug-likeness (QED) is 0.787. The van der Waals surface area contributed by atoms with E-state index in [1.54, 1.807) is 16.9 Å². The van der Waals surface area contributed by atoms with Gasteiger partial charge in [-0.15, -0.1) is 0 Å². The third-order valence-electron chi connectivity index (χ3n) is 3.21. The molecule has 0 amide bonds. The summed E-state index contributed by atoms with van der Waals surface area (Å²) < 4.78 is 1.71. The van der Waals surface area contributed by atoms with Crippen molar-refractivity contribution in [3.63, 3.8) is 0 Å². The molecular formula is C11H14N2O3. The normalized spacial score (nSPS) is 25.2. The van der Waals surface area contributed by atoms with Gasteiger partial charge in [-0.3, -0.25) is 14.3 Å². The van der Waals surface area contributed by atoms with Crippen LogP contribution < -0.4 is 0 Å². The molecule has 1 aromatic heterocycles. The zero-order valence-corrected chi connectivity index (χ0v) is 8.87. The van der Waals surface area contributed by atoms with Gasteiger partial charge in [0.1, 0.15) is 5.69 Å². The topological polar surface area (TPSA) is 72.2 Å². The highest BCUT2D eigenvalue weighted by atomic mass is 16.4. The molecule has 2 rings (SSSR count). The van der Waals surface area contributed by atoms with Crippen molar-refractivity contribution >= 4 is 12.3 Å². The monoisotopic (exact) mass is 222 g/mol. The second-order valence-electron chi connectivity index (χ2n) is 4.16. The maximum atomic E-state index is 10.8. The van der Waals surface area contributed by atoms with Gasteiger partial charge in [0.05, 0.1) is 12.0 Å². The van der Waals surface area contributed by atoms with Crippen LogP contribution in [0.15, 0.2) is 12.3 Å². The molecule has 1 aliphatic carbocycles. The Hall–Kier alpha value is -1.65. The first-order valence-corrected chi connectivity index (χ1v) is 5.44. The van der Waals surface area contributed by atoms with Crippen LogP contribution in [0.25, 0.3) is 0 Å². The molecule has 1 saturated carbocycles. The van der Waals surface area contributed by atoms with Crippen LogP contribution in [0, 0.1) is 5.92 Å². The molecule has 0 saturated heterocycles. The van der Waals surface area contributed by atoms with Gasteiger partial charge in [-0.1, -0.05) is 0 Å². The fourth-order valence-electron chi connectivity index (χ4n) is 2.29. The third kappa shape index (κ3) is 1.98. The Bertz CT molecular complexity index is 392. The number of carbonyl (C=O) groups excluding carboxylic acids is 1. The van der Waals surface area contributed by atoms with Crippen molar-refractivity contribution in [2.24, 2.45) is 5.92 Å². The zero-order chi connectivity index (χ0) is 11.5. The number of nitrogens with zero attached hydrogens (tertiary/aromatic N) is 2. The van der Waals surface area contributed by atoms with Gasteiger partial charge in [-0.25, -0.2) is 0 Å². The Labute approximate surface area is 93.1 Å². The van der Waals surface area contributed by atoms with E-state index in [-0.39, 0.29) is 12.0 Å². The number of hydrogen-bond acceptors (Lipinski definition) is 3. The van der Waals surface area contributed by atoms with Crippen LogP contribution in [-0.4, -0.2) is 27.1 Å². The molecule has 0 bridgehead atoms. The first-order chi connectivity index (χ1) is 7.72. The molecule has 0 spiro atoms. The number of carbonyl (C=O) groups is 2. The van der Waals surface area contributed by atoms with Gasteiger partial charge in [-0.2, -0.15) is 5.10 Å². The van der Waals surface area contributed by atoms with Gasteiger partial charge >= 0.3 is 5.97 Å². The summed E-state index contributed by atoms with van der Waals surface area (Å²) in [5, 5.41) is 13.0. The van der Waals surface area contributed by atoms with Crippen LogP contribution in [0.2, 0.25) is 0 Å². The van der Waals surface area contributed by atoms with Crippen LogP contribution in [-0.2, 0) is 4.79 Å². The lowest BCUT2D eigenvalue weighted by Crippen LogP contribution is -2.24. The summed E-state index contributed by atoms with van der Waals surface area (Å²) in [6, 6.07) is 1.85. The SMILES string of the molecule is O=Cc1ccnn1C1CCC(C(=O)O)CC1. The number of hydrogen-bond donors (Lipinski definition) is 1. The average Bonchev–Trinajstić information content (AvgIpc) is 2.77. The molecule has 0 aliphatic heterocycles. The predicted molar refractivity (Wildman–Crippen MR) is 56.2 cm³/mol. The first kappa shape index (κ1) is 10.9. The maximum absolute atomic E-state index is 10.8. The van der Waals surface area contributed by atoms with Crippen LogP contribution in [0.5, 0.6) is 0 Å². The summed E-state index contributed by atoms with van der Waals surface area (Å²) in [7, 11) is 0. The van der Waals surface area contributed by atoms with E-state index in [4.69, 9.17) is 5.11 Å². The van der Waals surface area contributed by atoms with Crippen molar-refractivity contribution in [3.05, 3.63) is 18.0 Å². The molecule has 0 radical (unpaired) electrons. The standard InChI is InChI=1S/C11H14N2O3/c14-7-10-5-6-12-13(10)9-3-1-8(2-4-9)11(15)16/h5-9H,1-4H2,(H,15,16). The van der Waals surface area contributed by atoms with Gasteiger partial charge in [0, 0.05) is 6.20 Å². The summed E-state index contributed by atoms with van der Waals surface area (Å²) in [5.41, 5.74) is 0.568. The van der Waals surface area contributed by atoms with E-state index in [0.29, 0.717) is 18.5 Å². The Kier molecular flexibility index (Phi) is 3.03. The maximum Gasteiger partial charge on any atom is 0.306 e. The minimum Gasteiger partial charge on any atom is -0.481 e. The zero-order valence-electron chi connectivity index (χ0n) is 8.87. The van der Waals surface area contributed by atoms with E-state index in [9.17, 15) is 9.59 Å². The Morgan fingerprint density at radius 1 is 1.44 bits per heavy atom. The summed E-state index contributed by atoms with van der Waals surface area (Å²) in [4.78, 5) is 21.5. The Balaban J connectivity index is 2.04. The number of carboxylic acids is 1. The summed E-state index contributed by atoms with van der Waals surface area (Å²) in [5.74, 6) is -0.944. The highest BCUT2D eigenvalue weighted by Gasteiger charge is 2.27. The first-order valence-electron chi connectivity index (χ1n) is 5.44. The van der Waals surface area contributed by atoms with E-state index >= 15 is 0 Å². The van der Waals surface area contributed by atoms with E-state index in [1.165, 1.54) is 0 Å². The van der Waals surface area contributed by atoms with E-state index in [1.807, 2.05) is 0 Å². The van der Waals surface area contributed by atoms with E-state index in [0.717, 1.165) is 19.1 Å². The fourth-order valence-corrected chi connectivity index (χ4v) is 2.29. The predicted octanol–water partition coefficient (Wildman–Crippen LogP) is 1.51. The number of aromatic nitrogens is 2. The summed E-state index contributed by atoms with van der Waals surface area (Å²) >= 11 is 0. The molecule has 1 fully saturated rings. The second-order valence-corrected chi connectivity index (χ2v) is 4.16. The Morgan fingerprint density at radius 3 is 2.69 bits per heavy atom. The molecule has 86 valence electrons. The van der Waals surface area contributed by atoms with Crippen LogP contribution in [0.3, 0.4) is 0 Å². The minimum atomic E-state index is -0.713. The number of carboxylic acid groups (broad SMARTS) is 1. The van der Waals surface area contributed by atoms with Gasteiger partial charge in [-0.05, 0) is 31.7 Å². The average molecular weight is 222 g/mol. The fraction of sp³-hybridized carbons (Fsp3) is 0.545. The van der Waals surface area contributed by atoms with Gasteiger partial charge in [0.25, 0.3) is 0 Å². The van der Waals surface area contributed by atoms with Crippen molar-refractivity contribution in [1.29, 1.82) is 0 Å². The van der Waals surface area contributed by atoms with Crippen molar-refractivity contribution in [2.75, 3.05) is 0 Å². The molecule has 0 atom stereocenters. The van der Waals surface area contributed by atoms with Crippen LogP contribution >= 0.6 is 0 Å². The second kappa shape index (κ2) is 4.47. The lowest BCUT2D eigenvalue weighted by atomic mass is 9.86. The van der Waals surface area contributed by atoms with Gasteiger partial charge in [0.15, 0.2) is 6.29 Å². The summed E-state index contributed by atoms with van der Waals surface area (Å²) in [6.45, 7) is 0. The third-order valence-corrected chi connectivity index (χ3v) is 3.21. The largest absolute Gasteiger partial charge is 0.481 e. The Morgan fingerprint density at radius 2 is 2.12 bits per heavy atom. The molecule has 1 heterocycles. The lowest BCUT2D eigenvalue weighted by molar-refractivity contribution is -0.143.